The van der Waals surface area contributed by atoms with Crippen molar-refractivity contribution in [2.24, 2.45) is 5.92 Å². The molecule has 2 unspecified atom stereocenters. The van der Waals surface area contributed by atoms with E-state index in [1.807, 2.05) is 14.0 Å². The molecular formula is C9H18N3O. The number of nitrogens with zero attached hydrogens (tertiary/aromatic N) is 1. The van der Waals surface area contributed by atoms with Crippen LogP contribution in [0, 0.1) is 5.92 Å². The highest BCUT2D eigenvalue weighted by Gasteiger charge is 2.25. The van der Waals surface area contributed by atoms with Crippen LogP contribution in [-0.4, -0.2) is 45.1 Å². The van der Waals surface area contributed by atoms with Gasteiger partial charge in [0.1, 0.15) is 0 Å². The first-order valence-corrected chi connectivity index (χ1v) is 4.81. The van der Waals surface area contributed by atoms with Gasteiger partial charge in [-0.15, -0.1) is 0 Å². The molecule has 4 nitrogen and oxygen atoms in total. The summed E-state index contributed by atoms with van der Waals surface area (Å²) in [6.45, 7) is 5.08. The zero-order valence-corrected chi connectivity index (χ0v) is 8.34. The van der Waals surface area contributed by atoms with Crippen molar-refractivity contribution in [3.63, 3.8) is 0 Å². The first-order valence-electron chi connectivity index (χ1n) is 4.81. The van der Waals surface area contributed by atoms with E-state index in [1.54, 1.807) is 0 Å². The molecule has 2 atom stereocenters. The maximum atomic E-state index is 11.7. The molecule has 0 aliphatic carbocycles. The average Bonchev–Trinajstić information content (AvgIpc) is 2.18. The smallest absolute Gasteiger partial charge is 0.156 e. The lowest BCUT2D eigenvalue weighted by atomic mass is 9.99. The quantitative estimate of drug-likeness (QED) is 0.588. The van der Waals surface area contributed by atoms with Crippen LogP contribution in [0.4, 0.5) is 0 Å². The van der Waals surface area contributed by atoms with Gasteiger partial charge in [-0.3, -0.25) is 4.79 Å². The van der Waals surface area contributed by atoms with Crippen LogP contribution in [0.15, 0.2) is 0 Å². The molecule has 1 saturated heterocycles. The lowest BCUT2D eigenvalue weighted by Crippen LogP contribution is -2.50. The fourth-order valence-electron chi connectivity index (χ4n) is 1.53. The Hall–Kier alpha value is -0.450. The summed E-state index contributed by atoms with van der Waals surface area (Å²) in [4.78, 5) is 11.7. The number of nitrogens with one attached hydrogen (secondary N) is 2. The third-order valence-electron chi connectivity index (χ3n) is 2.30. The monoisotopic (exact) mass is 184 g/mol. The van der Waals surface area contributed by atoms with Gasteiger partial charge in [0.15, 0.2) is 5.78 Å². The van der Waals surface area contributed by atoms with Crippen LogP contribution in [0.2, 0.25) is 0 Å². The summed E-state index contributed by atoms with van der Waals surface area (Å²) in [5.74, 6) is 0.320. The van der Waals surface area contributed by atoms with E-state index in [1.165, 1.54) is 0 Å². The van der Waals surface area contributed by atoms with E-state index in [4.69, 9.17) is 0 Å². The number of carbonyl (C=O) groups is 1. The van der Waals surface area contributed by atoms with Crippen molar-refractivity contribution in [3.8, 4) is 0 Å². The SMILES string of the molecule is CNCC(C)C(=O)C1CNCC[N]1. The van der Waals surface area contributed by atoms with Gasteiger partial charge in [-0.1, -0.05) is 6.92 Å². The molecule has 0 aromatic heterocycles. The maximum Gasteiger partial charge on any atom is 0.156 e. The van der Waals surface area contributed by atoms with E-state index >= 15 is 0 Å². The summed E-state index contributed by atoms with van der Waals surface area (Å²) in [6.07, 6.45) is 0. The molecule has 1 heterocycles. The third kappa shape index (κ3) is 3.06. The number of hydrogen-bond acceptors (Lipinski definition) is 3. The number of rotatable bonds is 4. The van der Waals surface area contributed by atoms with Crippen molar-refractivity contribution in [2.45, 2.75) is 13.0 Å². The van der Waals surface area contributed by atoms with Gasteiger partial charge in [-0.2, -0.15) is 0 Å². The Morgan fingerprint density at radius 2 is 2.54 bits per heavy atom. The Kier molecular flexibility index (Phi) is 4.35. The predicted molar refractivity (Wildman–Crippen MR) is 51.8 cm³/mol. The fourth-order valence-corrected chi connectivity index (χ4v) is 1.53. The summed E-state index contributed by atoms with van der Waals surface area (Å²) in [5.41, 5.74) is 0. The van der Waals surface area contributed by atoms with Gasteiger partial charge in [0.25, 0.3) is 0 Å². The molecule has 0 saturated carbocycles. The summed E-state index contributed by atoms with van der Waals surface area (Å²) in [7, 11) is 1.86. The van der Waals surface area contributed by atoms with Gasteiger partial charge in [0.2, 0.25) is 0 Å². The second-order valence-corrected chi connectivity index (χ2v) is 3.49. The zero-order valence-electron chi connectivity index (χ0n) is 8.34. The van der Waals surface area contributed by atoms with Crippen LogP contribution in [0.3, 0.4) is 0 Å². The highest BCUT2D eigenvalue weighted by molar-refractivity contribution is 5.86. The van der Waals surface area contributed by atoms with Crippen molar-refractivity contribution in [1.29, 1.82) is 0 Å². The molecule has 0 spiro atoms. The van der Waals surface area contributed by atoms with Gasteiger partial charge >= 0.3 is 0 Å². The van der Waals surface area contributed by atoms with Crippen molar-refractivity contribution in [3.05, 3.63) is 0 Å². The highest BCUT2D eigenvalue weighted by Crippen LogP contribution is 2.02. The molecule has 0 amide bonds. The lowest BCUT2D eigenvalue weighted by molar-refractivity contribution is -0.124. The molecule has 0 aromatic carbocycles. The first kappa shape index (κ1) is 10.6. The third-order valence-corrected chi connectivity index (χ3v) is 2.30. The minimum absolute atomic E-state index is 0.0682. The molecule has 0 bridgehead atoms. The summed E-state index contributed by atoms with van der Waals surface area (Å²) in [5, 5.41) is 10.5. The van der Waals surface area contributed by atoms with E-state index in [-0.39, 0.29) is 17.7 Å². The second kappa shape index (κ2) is 5.32. The van der Waals surface area contributed by atoms with Gasteiger partial charge in [0, 0.05) is 32.1 Å². The fraction of sp³-hybridized carbons (Fsp3) is 0.889. The molecule has 1 aliphatic heterocycles. The molecule has 1 aliphatic rings. The van der Waals surface area contributed by atoms with E-state index in [0.29, 0.717) is 6.54 Å². The van der Waals surface area contributed by atoms with Crippen LogP contribution >= 0.6 is 0 Å². The van der Waals surface area contributed by atoms with E-state index in [0.717, 1.165) is 19.6 Å². The van der Waals surface area contributed by atoms with E-state index < -0.39 is 0 Å². The topological polar surface area (TPSA) is 55.2 Å². The van der Waals surface area contributed by atoms with Crippen LogP contribution in [0.1, 0.15) is 6.92 Å². The normalized spacial score (nSPS) is 25.5. The molecule has 75 valence electrons. The number of hydrogen-bond donors (Lipinski definition) is 2. The summed E-state index contributed by atoms with van der Waals surface area (Å²) in [6, 6.07) is -0.114. The minimum atomic E-state index is -0.114. The largest absolute Gasteiger partial charge is 0.319 e. The van der Waals surface area contributed by atoms with Crippen molar-refractivity contribution < 1.29 is 4.79 Å². The Balaban J connectivity index is 2.36. The van der Waals surface area contributed by atoms with Crippen LogP contribution in [-0.2, 0) is 4.79 Å². The van der Waals surface area contributed by atoms with Gasteiger partial charge in [0.05, 0.1) is 6.04 Å². The molecule has 13 heavy (non-hydrogen) atoms. The summed E-state index contributed by atoms with van der Waals surface area (Å²) >= 11 is 0. The Morgan fingerprint density at radius 1 is 1.77 bits per heavy atom. The number of ketones is 1. The van der Waals surface area contributed by atoms with Crippen LogP contribution in [0.5, 0.6) is 0 Å². The zero-order chi connectivity index (χ0) is 9.68. The van der Waals surface area contributed by atoms with E-state index in [2.05, 4.69) is 16.0 Å². The number of carbonyl (C=O) groups excluding carboxylic acids is 1. The number of Topliss-reactive ketones (excluding diaryl/α,β-unsaturated/α-hetero) is 1. The molecular weight excluding hydrogens is 166 g/mol. The molecule has 1 fully saturated rings. The minimum Gasteiger partial charge on any atom is -0.319 e. The van der Waals surface area contributed by atoms with Crippen LogP contribution in [0.25, 0.3) is 0 Å². The summed E-state index contributed by atoms with van der Waals surface area (Å²) < 4.78 is 0. The standard InChI is InChI=1S/C9H18N3O/c1-7(5-10-2)9(13)8-6-11-3-4-12-8/h7-8,10-11H,3-6H2,1-2H3. The molecule has 2 N–H and O–H groups in total. The molecule has 0 aromatic rings. The Labute approximate surface area is 79.5 Å². The van der Waals surface area contributed by atoms with Gasteiger partial charge in [-0.05, 0) is 7.05 Å². The van der Waals surface area contributed by atoms with Crippen molar-refractivity contribution >= 4 is 5.78 Å². The molecule has 1 rings (SSSR count). The number of piperazine rings is 1. The average molecular weight is 184 g/mol. The van der Waals surface area contributed by atoms with Crippen molar-refractivity contribution in [1.82, 2.24) is 16.0 Å². The lowest BCUT2D eigenvalue weighted by Gasteiger charge is -2.24. The van der Waals surface area contributed by atoms with Crippen LogP contribution < -0.4 is 16.0 Å². The van der Waals surface area contributed by atoms with Gasteiger partial charge < -0.3 is 10.6 Å². The molecule has 4 heteroatoms. The Bertz CT molecular complexity index is 166. The predicted octanol–water partition coefficient (Wildman–Crippen LogP) is -1.01. The van der Waals surface area contributed by atoms with Crippen molar-refractivity contribution in [2.75, 3.05) is 33.2 Å². The maximum absolute atomic E-state index is 11.7. The first-order chi connectivity index (χ1) is 6.25. The molecule has 1 radical (unpaired) electrons. The van der Waals surface area contributed by atoms with Gasteiger partial charge in [-0.25, -0.2) is 5.32 Å². The Morgan fingerprint density at radius 3 is 3.08 bits per heavy atom. The highest BCUT2D eigenvalue weighted by atomic mass is 16.1. The van der Waals surface area contributed by atoms with E-state index in [9.17, 15) is 4.79 Å². The second-order valence-electron chi connectivity index (χ2n) is 3.49.